The topological polar surface area (TPSA) is 35.5 Å². The molecule has 1 aliphatic carbocycles. The summed E-state index contributed by atoms with van der Waals surface area (Å²) in [7, 11) is 0. The van der Waals surface area contributed by atoms with E-state index >= 15 is 0 Å². The van der Waals surface area contributed by atoms with Gasteiger partial charge in [0.1, 0.15) is 0 Å². The molecule has 0 aromatic heterocycles. The summed E-state index contributed by atoms with van der Waals surface area (Å²) in [5, 5.41) is 13.6. The Labute approximate surface area is 128 Å². The minimum Gasteiger partial charge on any atom is -0.393 e. The Bertz CT molecular complexity index is 443. The first-order valence-electron chi connectivity index (χ1n) is 8.56. The van der Waals surface area contributed by atoms with Crippen molar-refractivity contribution in [3.8, 4) is 0 Å². The predicted molar refractivity (Wildman–Crippen MR) is 87.6 cm³/mol. The molecule has 0 radical (unpaired) electrons. The van der Waals surface area contributed by atoms with Gasteiger partial charge in [-0.1, -0.05) is 31.0 Å². The lowest BCUT2D eigenvalue weighted by molar-refractivity contribution is 0.0695. The Morgan fingerprint density at radius 3 is 2.62 bits per heavy atom. The first-order chi connectivity index (χ1) is 10.3. The summed E-state index contributed by atoms with van der Waals surface area (Å²) in [6, 6.07) is 8.75. The Morgan fingerprint density at radius 2 is 1.81 bits per heavy atom. The molecule has 21 heavy (non-hydrogen) atoms. The summed E-state index contributed by atoms with van der Waals surface area (Å²) in [6.45, 7) is 4.24. The average Bonchev–Trinajstić information content (AvgIpc) is 3.04. The number of anilines is 1. The van der Waals surface area contributed by atoms with Crippen LogP contribution >= 0.6 is 0 Å². The van der Waals surface area contributed by atoms with Crippen LogP contribution < -0.4 is 10.2 Å². The highest BCUT2D eigenvalue weighted by molar-refractivity contribution is 5.54. The van der Waals surface area contributed by atoms with Crippen LogP contribution in [0.1, 0.15) is 44.1 Å². The zero-order valence-corrected chi connectivity index (χ0v) is 12.9. The normalized spacial score (nSPS) is 26.2. The summed E-state index contributed by atoms with van der Waals surface area (Å²) in [4.78, 5) is 2.51. The maximum absolute atomic E-state index is 10.0. The Kier molecular flexibility index (Phi) is 5.15. The van der Waals surface area contributed by atoms with Gasteiger partial charge in [0, 0.05) is 31.9 Å². The maximum atomic E-state index is 10.0. The first-order valence-corrected chi connectivity index (χ1v) is 8.56. The second-order valence-electron chi connectivity index (χ2n) is 6.57. The lowest BCUT2D eigenvalue weighted by Crippen LogP contribution is -2.33. The number of para-hydroxylation sites is 1. The van der Waals surface area contributed by atoms with Gasteiger partial charge < -0.3 is 15.3 Å². The van der Waals surface area contributed by atoms with Gasteiger partial charge in [-0.05, 0) is 43.2 Å². The third-order valence-corrected chi connectivity index (χ3v) is 5.03. The third kappa shape index (κ3) is 3.78. The van der Waals surface area contributed by atoms with Crippen LogP contribution in [0.4, 0.5) is 5.69 Å². The lowest BCUT2D eigenvalue weighted by atomic mass is 9.86. The summed E-state index contributed by atoms with van der Waals surface area (Å²) in [5.74, 6) is 0.442. The molecule has 3 nitrogen and oxygen atoms in total. The zero-order valence-electron chi connectivity index (χ0n) is 12.9. The number of rotatable bonds is 5. The van der Waals surface area contributed by atoms with E-state index in [1.165, 1.54) is 56.4 Å². The number of aliphatic hydroxyl groups is 1. The van der Waals surface area contributed by atoms with E-state index < -0.39 is 0 Å². The van der Waals surface area contributed by atoms with Crippen LogP contribution in [0.2, 0.25) is 0 Å². The van der Waals surface area contributed by atoms with Gasteiger partial charge in [-0.15, -0.1) is 0 Å². The molecule has 2 unspecified atom stereocenters. The molecule has 1 aromatic carbocycles. The van der Waals surface area contributed by atoms with Crippen molar-refractivity contribution in [1.82, 2.24) is 5.32 Å². The fourth-order valence-electron chi connectivity index (χ4n) is 3.75. The van der Waals surface area contributed by atoms with Crippen LogP contribution in [0.25, 0.3) is 0 Å². The van der Waals surface area contributed by atoms with Crippen molar-refractivity contribution in [3.05, 3.63) is 29.8 Å². The van der Waals surface area contributed by atoms with Crippen LogP contribution in [0.5, 0.6) is 0 Å². The Hall–Kier alpha value is -1.06. The minimum absolute atomic E-state index is 0.0972. The Morgan fingerprint density at radius 1 is 1.05 bits per heavy atom. The highest BCUT2D eigenvalue weighted by Gasteiger charge is 2.22. The molecule has 1 aromatic rings. The van der Waals surface area contributed by atoms with Crippen molar-refractivity contribution in [1.29, 1.82) is 0 Å². The largest absolute Gasteiger partial charge is 0.393 e. The molecule has 1 heterocycles. The molecule has 1 saturated heterocycles. The smallest absolute Gasteiger partial charge is 0.0580 e. The number of benzene rings is 1. The second-order valence-corrected chi connectivity index (χ2v) is 6.57. The standard InChI is InChI=1S/C18H28N2O/c21-18-10-4-2-8-16(18)14-19-13-15-7-1-3-9-17(15)20-11-5-6-12-20/h1,3,7,9,16,18-19,21H,2,4-6,8,10-14H2. The van der Waals surface area contributed by atoms with Crippen molar-refractivity contribution in [3.63, 3.8) is 0 Å². The van der Waals surface area contributed by atoms with E-state index in [9.17, 15) is 5.11 Å². The molecule has 2 atom stereocenters. The SMILES string of the molecule is OC1CCCCC1CNCc1ccccc1N1CCCC1. The summed E-state index contributed by atoms with van der Waals surface area (Å²) >= 11 is 0. The molecule has 0 amide bonds. The first kappa shape index (κ1) is 14.9. The zero-order chi connectivity index (χ0) is 14.5. The van der Waals surface area contributed by atoms with Crippen molar-refractivity contribution in [2.45, 2.75) is 51.2 Å². The third-order valence-electron chi connectivity index (χ3n) is 5.03. The second kappa shape index (κ2) is 7.28. The summed E-state index contributed by atoms with van der Waals surface area (Å²) in [6.07, 6.45) is 7.15. The fourth-order valence-corrected chi connectivity index (χ4v) is 3.75. The van der Waals surface area contributed by atoms with E-state index in [4.69, 9.17) is 0 Å². The molecule has 2 aliphatic rings. The van der Waals surface area contributed by atoms with Crippen LogP contribution in [-0.4, -0.2) is 30.8 Å². The Balaban J connectivity index is 1.55. The number of hydrogen-bond acceptors (Lipinski definition) is 3. The predicted octanol–water partition coefficient (Wildman–Crippen LogP) is 2.93. The van der Waals surface area contributed by atoms with Crippen LogP contribution in [0.15, 0.2) is 24.3 Å². The molecule has 2 fully saturated rings. The van der Waals surface area contributed by atoms with Gasteiger partial charge in [-0.3, -0.25) is 0 Å². The van der Waals surface area contributed by atoms with E-state index in [1.54, 1.807) is 0 Å². The van der Waals surface area contributed by atoms with Gasteiger partial charge >= 0.3 is 0 Å². The van der Waals surface area contributed by atoms with Crippen molar-refractivity contribution >= 4 is 5.69 Å². The van der Waals surface area contributed by atoms with E-state index in [0.717, 1.165) is 19.5 Å². The molecule has 2 N–H and O–H groups in total. The lowest BCUT2D eigenvalue weighted by Gasteiger charge is -2.28. The molecule has 3 rings (SSSR count). The molecule has 3 heteroatoms. The number of aliphatic hydroxyl groups excluding tert-OH is 1. The van der Waals surface area contributed by atoms with E-state index in [-0.39, 0.29) is 6.10 Å². The maximum Gasteiger partial charge on any atom is 0.0580 e. The number of hydrogen-bond donors (Lipinski definition) is 2. The van der Waals surface area contributed by atoms with Crippen LogP contribution in [0.3, 0.4) is 0 Å². The van der Waals surface area contributed by atoms with Gasteiger partial charge in [-0.25, -0.2) is 0 Å². The number of nitrogens with zero attached hydrogens (tertiary/aromatic N) is 1. The van der Waals surface area contributed by atoms with Crippen molar-refractivity contribution < 1.29 is 5.11 Å². The molecular weight excluding hydrogens is 260 g/mol. The van der Waals surface area contributed by atoms with Gasteiger partial charge in [-0.2, -0.15) is 0 Å². The van der Waals surface area contributed by atoms with Crippen molar-refractivity contribution in [2.75, 3.05) is 24.5 Å². The van der Waals surface area contributed by atoms with Crippen LogP contribution in [0, 0.1) is 5.92 Å². The molecule has 0 bridgehead atoms. The molecule has 1 aliphatic heterocycles. The van der Waals surface area contributed by atoms with E-state index in [1.807, 2.05) is 0 Å². The monoisotopic (exact) mass is 288 g/mol. The van der Waals surface area contributed by atoms with Gasteiger partial charge in [0.2, 0.25) is 0 Å². The summed E-state index contributed by atoms with van der Waals surface area (Å²) in [5.41, 5.74) is 2.79. The molecule has 116 valence electrons. The molecule has 0 spiro atoms. The van der Waals surface area contributed by atoms with Crippen molar-refractivity contribution in [2.24, 2.45) is 5.92 Å². The highest BCUT2D eigenvalue weighted by Crippen LogP contribution is 2.26. The van der Waals surface area contributed by atoms with E-state index in [0.29, 0.717) is 5.92 Å². The number of nitrogens with one attached hydrogen (secondary N) is 1. The van der Waals surface area contributed by atoms with E-state index in [2.05, 4.69) is 34.5 Å². The minimum atomic E-state index is -0.0972. The van der Waals surface area contributed by atoms with Gasteiger partial charge in [0.25, 0.3) is 0 Å². The van der Waals surface area contributed by atoms with Gasteiger partial charge in [0.15, 0.2) is 0 Å². The highest BCUT2D eigenvalue weighted by atomic mass is 16.3. The molecular formula is C18H28N2O. The quantitative estimate of drug-likeness (QED) is 0.874. The van der Waals surface area contributed by atoms with Crippen LogP contribution in [-0.2, 0) is 6.54 Å². The van der Waals surface area contributed by atoms with Gasteiger partial charge in [0.05, 0.1) is 6.10 Å². The fraction of sp³-hybridized carbons (Fsp3) is 0.667. The average molecular weight is 288 g/mol. The summed E-state index contributed by atoms with van der Waals surface area (Å²) < 4.78 is 0. The molecule has 1 saturated carbocycles.